The molecule has 0 radical (unpaired) electrons. The third kappa shape index (κ3) is 3.10. The quantitative estimate of drug-likeness (QED) is 0.454. The Morgan fingerprint density at radius 3 is 1.62 bits per heavy atom. The molecule has 4 rings (SSSR count). The van der Waals surface area contributed by atoms with Crippen molar-refractivity contribution in [2.45, 2.75) is 26.7 Å². The number of rotatable bonds is 7. The Balaban J connectivity index is 1.35. The van der Waals surface area contributed by atoms with E-state index in [1.54, 1.807) is 0 Å². The van der Waals surface area contributed by atoms with Crippen LogP contribution < -0.4 is 9.47 Å². The second-order valence-corrected chi connectivity index (χ2v) is 5.98. The molecule has 0 aliphatic heterocycles. The van der Waals surface area contributed by atoms with E-state index < -0.39 is 0 Å². The summed E-state index contributed by atoms with van der Waals surface area (Å²) in [4.78, 5) is 0. The molecule has 0 aliphatic carbocycles. The Labute approximate surface area is 150 Å². The SMILES string of the molecule is CCc1noc2cc(OCCOc3ccc4c(CC)noc4c3)ccc12. The van der Waals surface area contributed by atoms with Gasteiger partial charge in [-0.3, -0.25) is 0 Å². The largest absolute Gasteiger partial charge is 0.490 e. The van der Waals surface area contributed by atoms with Crippen LogP contribution in [-0.2, 0) is 12.8 Å². The maximum absolute atomic E-state index is 5.74. The van der Waals surface area contributed by atoms with Gasteiger partial charge in [0.1, 0.15) is 24.7 Å². The molecule has 0 atom stereocenters. The van der Waals surface area contributed by atoms with Gasteiger partial charge in [0.15, 0.2) is 11.2 Å². The molecule has 0 saturated carbocycles. The van der Waals surface area contributed by atoms with E-state index in [4.69, 9.17) is 18.5 Å². The van der Waals surface area contributed by atoms with Crippen LogP contribution in [0.4, 0.5) is 0 Å². The second-order valence-electron chi connectivity index (χ2n) is 5.98. The molecule has 2 heterocycles. The summed E-state index contributed by atoms with van der Waals surface area (Å²) < 4.78 is 22.1. The van der Waals surface area contributed by atoms with Crippen molar-refractivity contribution in [3.63, 3.8) is 0 Å². The van der Waals surface area contributed by atoms with Crippen LogP contribution in [0.15, 0.2) is 45.4 Å². The summed E-state index contributed by atoms with van der Waals surface area (Å²) in [5, 5.41) is 10.2. The fourth-order valence-corrected chi connectivity index (χ4v) is 2.95. The monoisotopic (exact) mass is 352 g/mol. The first kappa shape index (κ1) is 16.4. The summed E-state index contributed by atoms with van der Waals surface area (Å²) in [6.07, 6.45) is 1.69. The molecule has 0 N–H and O–H groups in total. The number of nitrogens with zero attached hydrogens (tertiary/aromatic N) is 2. The summed E-state index contributed by atoms with van der Waals surface area (Å²) in [6, 6.07) is 11.5. The van der Waals surface area contributed by atoms with Gasteiger partial charge in [-0.15, -0.1) is 0 Å². The Morgan fingerprint density at radius 1 is 0.731 bits per heavy atom. The second kappa shape index (κ2) is 7.07. The molecule has 6 nitrogen and oxygen atoms in total. The lowest BCUT2D eigenvalue weighted by atomic mass is 10.2. The van der Waals surface area contributed by atoms with Crippen LogP contribution in [0, 0.1) is 0 Å². The highest BCUT2D eigenvalue weighted by Crippen LogP contribution is 2.25. The van der Waals surface area contributed by atoms with E-state index in [0.717, 1.165) is 57.7 Å². The van der Waals surface area contributed by atoms with Crippen molar-refractivity contribution in [1.82, 2.24) is 10.3 Å². The topological polar surface area (TPSA) is 70.5 Å². The van der Waals surface area contributed by atoms with E-state index in [-0.39, 0.29) is 0 Å². The standard InChI is InChI=1S/C20H20N2O4/c1-3-17-15-7-5-13(11-19(15)25-21-17)23-9-10-24-14-6-8-16-18(4-2)22-26-20(16)12-14/h5-8,11-12H,3-4,9-10H2,1-2H3. The van der Waals surface area contributed by atoms with Crippen LogP contribution in [0.2, 0.25) is 0 Å². The summed E-state index contributed by atoms with van der Waals surface area (Å²) in [6.45, 7) is 4.96. The maximum atomic E-state index is 5.74. The van der Waals surface area contributed by atoms with Crippen molar-refractivity contribution in [3.05, 3.63) is 47.8 Å². The first-order chi connectivity index (χ1) is 12.8. The average molecular weight is 352 g/mol. The predicted octanol–water partition coefficient (Wildman–Crippen LogP) is 4.55. The van der Waals surface area contributed by atoms with E-state index in [2.05, 4.69) is 24.2 Å². The van der Waals surface area contributed by atoms with E-state index >= 15 is 0 Å². The molecule has 0 aliphatic rings. The number of hydrogen-bond donors (Lipinski definition) is 0. The number of hydrogen-bond acceptors (Lipinski definition) is 6. The molecule has 0 saturated heterocycles. The first-order valence-corrected chi connectivity index (χ1v) is 8.80. The summed E-state index contributed by atoms with van der Waals surface area (Å²) >= 11 is 0. The molecule has 0 unspecified atom stereocenters. The number of aryl methyl sites for hydroxylation is 2. The van der Waals surface area contributed by atoms with Crippen molar-refractivity contribution in [2.24, 2.45) is 0 Å². The lowest BCUT2D eigenvalue weighted by Gasteiger charge is -2.08. The van der Waals surface area contributed by atoms with Gasteiger partial charge in [0.25, 0.3) is 0 Å². The van der Waals surface area contributed by atoms with Crippen LogP contribution in [0.1, 0.15) is 25.2 Å². The molecule has 26 heavy (non-hydrogen) atoms. The molecule has 134 valence electrons. The molecule has 0 spiro atoms. The Morgan fingerprint density at radius 2 is 1.19 bits per heavy atom. The van der Waals surface area contributed by atoms with E-state index in [9.17, 15) is 0 Å². The van der Waals surface area contributed by atoms with Crippen molar-refractivity contribution >= 4 is 21.9 Å². The zero-order valence-electron chi connectivity index (χ0n) is 14.8. The summed E-state index contributed by atoms with van der Waals surface area (Å²) in [5.74, 6) is 1.47. The normalized spacial score (nSPS) is 11.3. The van der Waals surface area contributed by atoms with Gasteiger partial charge in [0.2, 0.25) is 0 Å². The summed E-state index contributed by atoms with van der Waals surface area (Å²) in [7, 11) is 0. The molecular formula is C20H20N2O4. The zero-order chi connectivity index (χ0) is 17.9. The Hall–Kier alpha value is -3.02. The molecule has 2 aromatic heterocycles. The number of ether oxygens (including phenoxy) is 2. The fourth-order valence-electron chi connectivity index (χ4n) is 2.95. The van der Waals surface area contributed by atoms with Gasteiger partial charge in [0.05, 0.1) is 11.4 Å². The van der Waals surface area contributed by atoms with Gasteiger partial charge < -0.3 is 18.5 Å². The zero-order valence-corrected chi connectivity index (χ0v) is 14.8. The van der Waals surface area contributed by atoms with Gasteiger partial charge in [-0.2, -0.15) is 0 Å². The van der Waals surface area contributed by atoms with Crippen LogP contribution >= 0.6 is 0 Å². The molecule has 6 heteroatoms. The van der Waals surface area contributed by atoms with Crippen molar-refractivity contribution in [1.29, 1.82) is 0 Å². The fraction of sp³-hybridized carbons (Fsp3) is 0.300. The summed E-state index contributed by atoms with van der Waals surface area (Å²) in [5.41, 5.74) is 3.40. The van der Waals surface area contributed by atoms with Crippen LogP contribution in [0.3, 0.4) is 0 Å². The van der Waals surface area contributed by atoms with Gasteiger partial charge in [-0.1, -0.05) is 24.2 Å². The smallest absolute Gasteiger partial charge is 0.170 e. The van der Waals surface area contributed by atoms with Crippen LogP contribution in [-0.4, -0.2) is 23.5 Å². The van der Waals surface area contributed by atoms with E-state index in [1.807, 2.05) is 36.4 Å². The van der Waals surface area contributed by atoms with Crippen LogP contribution in [0.25, 0.3) is 21.9 Å². The highest BCUT2D eigenvalue weighted by Gasteiger charge is 2.09. The van der Waals surface area contributed by atoms with Crippen molar-refractivity contribution < 1.29 is 18.5 Å². The molecule has 0 amide bonds. The molecule has 0 fully saturated rings. The lowest BCUT2D eigenvalue weighted by Crippen LogP contribution is -2.08. The van der Waals surface area contributed by atoms with E-state index in [0.29, 0.717) is 13.2 Å². The minimum atomic E-state index is 0.426. The molecule has 4 aromatic rings. The molecule has 0 bridgehead atoms. The highest BCUT2D eigenvalue weighted by molar-refractivity contribution is 5.81. The van der Waals surface area contributed by atoms with Crippen molar-refractivity contribution in [2.75, 3.05) is 13.2 Å². The average Bonchev–Trinajstić information content (AvgIpc) is 3.27. The minimum absolute atomic E-state index is 0.426. The number of fused-ring (bicyclic) bond motifs is 2. The number of benzene rings is 2. The van der Waals surface area contributed by atoms with Crippen molar-refractivity contribution in [3.8, 4) is 11.5 Å². The first-order valence-electron chi connectivity index (χ1n) is 8.80. The predicted molar refractivity (Wildman–Crippen MR) is 97.8 cm³/mol. The highest BCUT2D eigenvalue weighted by atomic mass is 16.5. The third-order valence-corrected chi connectivity index (χ3v) is 4.33. The third-order valence-electron chi connectivity index (χ3n) is 4.33. The molecular weight excluding hydrogens is 332 g/mol. The maximum Gasteiger partial charge on any atom is 0.170 e. The van der Waals surface area contributed by atoms with Gasteiger partial charge in [0, 0.05) is 22.9 Å². The van der Waals surface area contributed by atoms with Gasteiger partial charge in [-0.05, 0) is 37.1 Å². The van der Waals surface area contributed by atoms with Crippen LogP contribution in [0.5, 0.6) is 11.5 Å². The molecule has 2 aromatic carbocycles. The minimum Gasteiger partial charge on any atom is -0.490 e. The van der Waals surface area contributed by atoms with Gasteiger partial charge >= 0.3 is 0 Å². The Kier molecular flexibility index (Phi) is 4.48. The Bertz CT molecular complexity index is 951. The number of aromatic nitrogens is 2. The van der Waals surface area contributed by atoms with Gasteiger partial charge in [-0.25, -0.2) is 0 Å². The lowest BCUT2D eigenvalue weighted by molar-refractivity contribution is 0.217. The van der Waals surface area contributed by atoms with E-state index in [1.165, 1.54) is 0 Å².